The van der Waals surface area contributed by atoms with Gasteiger partial charge < -0.3 is 15.5 Å². The molecule has 0 saturated heterocycles. The van der Waals surface area contributed by atoms with Crippen molar-refractivity contribution in [3.05, 3.63) is 29.8 Å². The van der Waals surface area contributed by atoms with Crippen molar-refractivity contribution in [2.45, 2.75) is 31.8 Å². The Hall–Kier alpha value is -1.55. The van der Waals surface area contributed by atoms with Crippen LogP contribution in [0.2, 0.25) is 0 Å². The molecule has 1 fully saturated rings. The fourth-order valence-electron chi connectivity index (χ4n) is 2.17. The maximum Gasteiger partial charge on any atom is 0.223 e. The second-order valence-electron chi connectivity index (χ2n) is 5.33. The van der Waals surface area contributed by atoms with Gasteiger partial charge in [-0.2, -0.15) is 0 Å². The molecule has 0 atom stereocenters. The Morgan fingerprint density at radius 3 is 2.37 bits per heavy atom. The van der Waals surface area contributed by atoms with Gasteiger partial charge in [0.25, 0.3) is 0 Å². The van der Waals surface area contributed by atoms with E-state index < -0.39 is 0 Å². The lowest BCUT2D eigenvalue weighted by Gasteiger charge is -2.25. The summed E-state index contributed by atoms with van der Waals surface area (Å²) in [5.74, 6) is 0.184. The van der Waals surface area contributed by atoms with E-state index in [9.17, 15) is 4.79 Å². The minimum atomic E-state index is 0.184. The minimum absolute atomic E-state index is 0.184. The molecule has 1 aliphatic rings. The minimum Gasteiger partial charge on any atom is -0.368 e. The summed E-state index contributed by atoms with van der Waals surface area (Å²) in [6.45, 7) is 1.37. The second-order valence-corrected chi connectivity index (χ2v) is 5.33. The molecule has 2 N–H and O–H groups in total. The SMILES string of the molecule is CN(C)C(=O)CCN(c1ccc(CN)cc1)C1CC1. The number of hydrogen-bond donors (Lipinski definition) is 1. The van der Waals surface area contributed by atoms with E-state index in [-0.39, 0.29) is 5.91 Å². The van der Waals surface area contributed by atoms with Gasteiger partial charge in [-0.25, -0.2) is 0 Å². The van der Waals surface area contributed by atoms with Crippen LogP contribution in [0.15, 0.2) is 24.3 Å². The van der Waals surface area contributed by atoms with Crippen LogP contribution >= 0.6 is 0 Å². The third-order valence-corrected chi connectivity index (χ3v) is 3.56. The number of rotatable bonds is 6. The van der Waals surface area contributed by atoms with Crippen molar-refractivity contribution in [2.24, 2.45) is 5.73 Å². The van der Waals surface area contributed by atoms with E-state index in [4.69, 9.17) is 5.73 Å². The molecule has 1 aromatic carbocycles. The van der Waals surface area contributed by atoms with Crippen molar-refractivity contribution in [1.29, 1.82) is 0 Å². The van der Waals surface area contributed by atoms with E-state index in [2.05, 4.69) is 29.2 Å². The van der Waals surface area contributed by atoms with E-state index in [0.717, 1.165) is 12.1 Å². The van der Waals surface area contributed by atoms with Crippen molar-refractivity contribution >= 4 is 11.6 Å². The van der Waals surface area contributed by atoms with E-state index in [0.29, 0.717) is 19.0 Å². The van der Waals surface area contributed by atoms with Gasteiger partial charge in [0.05, 0.1) is 0 Å². The molecule has 4 nitrogen and oxygen atoms in total. The molecule has 2 rings (SSSR count). The summed E-state index contributed by atoms with van der Waals surface area (Å²) < 4.78 is 0. The number of nitrogens with zero attached hydrogens (tertiary/aromatic N) is 2. The molecule has 0 spiro atoms. The first kappa shape index (κ1) is 13.9. The molecule has 1 saturated carbocycles. The summed E-state index contributed by atoms with van der Waals surface area (Å²) in [6.07, 6.45) is 3.03. The molecule has 1 aliphatic carbocycles. The van der Waals surface area contributed by atoms with Crippen molar-refractivity contribution in [1.82, 2.24) is 4.90 Å². The molecule has 104 valence electrons. The Morgan fingerprint density at radius 2 is 1.89 bits per heavy atom. The molecule has 0 aliphatic heterocycles. The van der Waals surface area contributed by atoms with Crippen LogP contribution in [0.1, 0.15) is 24.8 Å². The summed E-state index contributed by atoms with van der Waals surface area (Å²) in [7, 11) is 3.61. The molecule has 0 unspecified atom stereocenters. The van der Waals surface area contributed by atoms with Crippen LogP contribution < -0.4 is 10.6 Å². The van der Waals surface area contributed by atoms with Crippen LogP contribution in [0.5, 0.6) is 0 Å². The number of amides is 1. The Labute approximate surface area is 115 Å². The standard InChI is InChI=1S/C15H23N3O/c1-17(2)15(19)9-10-18(14-7-8-14)13-5-3-12(11-16)4-6-13/h3-6,14H,7-11,16H2,1-2H3. The van der Waals surface area contributed by atoms with E-state index in [1.54, 1.807) is 19.0 Å². The number of carbonyl (C=O) groups is 1. The van der Waals surface area contributed by atoms with Gasteiger partial charge in [-0.05, 0) is 30.5 Å². The summed E-state index contributed by atoms with van der Waals surface area (Å²) in [4.78, 5) is 15.7. The van der Waals surface area contributed by atoms with Gasteiger partial charge in [0.15, 0.2) is 0 Å². The van der Waals surface area contributed by atoms with Crippen molar-refractivity contribution < 1.29 is 4.79 Å². The van der Waals surface area contributed by atoms with Crippen LogP contribution in [0.25, 0.3) is 0 Å². The Balaban J connectivity index is 2.00. The highest BCUT2D eigenvalue weighted by Crippen LogP contribution is 2.31. The maximum absolute atomic E-state index is 11.7. The average Bonchev–Trinajstić information content (AvgIpc) is 3.24. The zero-order valence-corrected chi connectivity index (χ0v) is 11.8. The number of benzene rings is 1. The summed E-state index contributed by atoms with van der Waals surface area (Å²) in [5.41, 5.74) is 7.96. The highest BCUT2D eigenvalue weighted by atomic mass is 16.2. The molecule has 0 aromatic heterocycles. The predicted octanol–water partition coefficient (Wildman–Crippen LogP) is 1.59. The third kappa shape index (κ3) is 3.70. The smallest absolute Gasteiger partial charge is 0.223 e. The quantitative estimate of drug-likeness (QED) is 0.846. The van der Waals surface area contributed by atoms with Gasteiger partial charge in [-0.3, -0.25) is 4.79 Å². The van der Waals surface area contributed by atoms with Crippen molar-refractivity contribution in [2.75, 3.05) is 25.5 Å². The number of hydrogen-bond acceptors (Lipinski definition) is 3. The average molecular weight is 261 g/mol. The fourth-order valence-corrected chi connectivity index (χ4v) is 2.17. The fraction of sp³-hybridized carbons (Fsp3) is 0.533. The van der Waals surface area contributed by atoms with Gasteiger partial charge in [0, 0.05) is 45.3 Å². The van der Waals surface area contributed by atoms with E-state index in [1.807, 2.05) is 0 Å². The Kier molecular flexibility index (Phi) is 4.43. The van der Waals surface area contributed by atoms with Crippen LogP contribution in [0, 0.1) is 0 Å². The zero-order valence-electron chi connectivity index (χ0n) is 11.8. The van der Waals surface area contributed by atoms with E-state index >= 15 is 0 Å². The van der Waals surface area contributed by atoms with Gasteiger partial charge in [0.1, 0.15) is 0 Å². The molecule has 19 heavy (non-hydrogen) atoms. The molecule has 0 heterocycles. The Bertz CT molecular complexity index is 424. The van der Waals surface area contributed by atoms with Gasteiger partial charge in [0.2, 0.25) is 5.91 Å². The van der Waals surface area contributed by atoms with Crippen LogP contribution in [0.3, 0.4) is 0 Å². The molecular weight excluding hydrogens is 238 g/mol. The molecule has 1 amide bonds. The maximum atomic E-state index is 11.7. The van der Waals surface area contributed by atoms with Gasteiger partial charge in [-0.15, -0.1) is 0 Å². The van der Waals surface area contributed by atoms with Gasteiger partial charge >= 0.3 is 0 Å². The summed E-state index contributed by atoms with van der Waals surface area (Å²) >= 11 is 0. The van der Waals surface area contributed by atoms with Crippen LogP contribution in [-0.2, 0) is 11.3 Å². The zero-order chi connectivity index (χ0) is 13.8. The molecule has 4 heteroatoms. The number of carbonyl (C=O) groups excluding carboxylic acids is 1. The monoisotopic (exact) mass is 261 g/mol. The topological polar surface area (TPSA) is 49.6 Å². The van der Waals surface area contributed by atoms with Crippen LogP contribution in [-0.4, -0.2) is 37.5 Å². The summed E-state index contributed by atoms with van der Waals surface area (Å²) in [5, 5.41) is 0. The second kappa shape index (κ2) is 6.06. The summed E-state index contributed by atoms with van der Waals surface area (Å²) in [6, 6.07) is 8.97. The first-order valence-electron chi connectivity index (χ1n) is 6.87. The van der Waals surface area contributed by atoms with Crippen LogP contribution in [0.4, 0.5) is 5.69 Å². The molecule has 1 aromatic rings. The Morgan fingerprint density at radius 1 is 1.26 bits per heavy atom. The first-order chi connectivity index (χ1) is 9.11. The number of anilines is 1. The third-order valence-electron chi connectivity index (χ3n) is 3.56. The highest BCUT2D eigenvalue weighted by molar-refractivity contribution is 5.76. The lowest BCUT2D eigenvalue weighted by molar-refractivity contribution is -0.128. The van der Waals surface area contributed by atoms with Crippen molar-refractivity contribution in [3.8, 4) is 0 Å². The highest BCUT2D eigenvalue weighted by Gasteiger charge is 2.29. The molecule has 0 radical (unpaired) electrons. The molecule has 0 bridgehead atoms. The van der Waals surface area contributed by atoms with Crippen molar-refractivity contribution in [3.63, 3.8) is 0 Å². The first-order valence-corrected chi connectivity index (χ1v) is 6.87. The lowest BCUT2D eigenvalue weighted by Crippen LogP contribution is -2.31. The normalized spacial score (nSPS) is 14.3. The molecular formula is C15H23N3O. The van der Waals surface area contributed by atoms with Gasteiger partial charge in [-0.1, -0.05) is 12.1 Å². The largest absolute Gasteiger partial charge is 0.368 e. The van der Waals surface area contributed by atoms with E-state index in [1.165, 1.54) is 18.5 Å². The predicted molar refractivity (Wildman–Crippen MR) is 78.0 cm³/mol. The number of nitrogens with two attached hydrogens (primary N) is 1. The lowest BCUT2D eigenvalue weighted by atomic mass is 10.2.